The highest BCUT2D eigenvalue weighted by Crippen LogP contribution is 2.13. The molecule has 25 heavy (non-hydrogen) atoms. The monoisotopic (exact) mass is 346 g/mol. The van der Waals surface area contributed by atoms with Gasteiger partial charge in [-0.25, -0.2) is 4.79 Å². The topological polar surface area (TPSA) is 107 Å². The standard InChI is InChI=1S/C17H18N2O6/c1-2-9-23-13-7-5-12(6-8-13)17(22)25-11-15(20)18-19-16(21)14-4-3-10-24-14/h3-8,10H,2,9,11H2,1H3,(H,18,20)(H,19,21). The quantitative estimate of drug-likeness (QED) is 0.583. The van der Waals surface area contributed by atoms with Gasteiger partial charge >= 0.3 is 11.9 Å². The second-order valence-corrected chi connectivity index (χ2v) is 4.93. The summed E-state index contributed by atoms with van der Waals surface area (Å²) in [5.41, 5.74) is 4.54. The Bertz CT molecular complexity index is 709. The molecule has 0 saturated heterocycles. The van der Waals surface area contributed by atoms with Crippen LogP contribution in [0.15, 0.2) is 47.1 Å². The highest BCUT2D eigenvalue weighted by molar-refractivity contribution is 5.94. The molecule has 2 aromatic rings. The van der Waals surface area contributed by atoms with E-state index >= 15 is 0 Å². The van der Waals surface area contributed by atoms with E-state index in [1.165, 1.54) is 18.4 Å². The Morgan fingerprint density at radius 1 is 1.08 bits per heavy atom. The van der Waals surface area contributed by atoms with Crippen LogP contribution in [0.3, 0.4) is 0 Å². The number of hydrogen-bond acceptors (Lipinski definition) is 6. The molecule has 1 heterocycles. The minimum atomic E-state index is -0.684. The van der Waals surface area contributed by atoms with E-state index in [9.17, 15) is 14.4 Å². The number of amides is 2. The molecule has 1 aromatic heterocycles. The summed E-state index contributed by atoms with van der Waals surface area (Å²) in [5, 5.41) is 0. The normalized spacial score (nSPS) is 9.96. The summed E-state index contributed by atoms with van der Waals surface area (Å²) < 4.78 is 15.1. The van der Waals surface area contributed by atoms with Crippen molar-refractivity contribution in [2.24, 2.45) is 0 Å². The van der Waals surface area contributed by atoms with Gasteiger partial charge in [0.2, 0.25) is 0 Å². The van der Waals surface area contributed by atoms with Crippen molar-refractivity contribution < 1.29 is 28.3 Å². The summed E-state index contributed by atoms with van der Waals surface area (Å²) in [4.78, 5) is 35.0. The van der Waals surface area contributed by atoms with Gasteiger partial charge < -0.3 is 13.9 Å². The number of carbonyl (C=O) groups excluding carboxylic acids is 3. The summed E-state index contributed by atoms with van der Waals surface area (Å²) in [5.74, 6) is -1.27. The number of ether oxygens (including phenoxy) is 2. The third kappa shape index (κ3) is 5.69. The van der Waals surface area contributed by atoms with Crippen LogP contribution in [0.4, 0.5) is 0 Å². The van der Waals surface area contributed by atoms with E-state index in [0.29, 0.717) is 12.4 Å². The molecule has 0 fully saturated rings. The van der Waals surface area contributed by atoms with Crippen LogP contribution in [0.25, 0.3) is 0 Å². The average Bonchev–Trinajstić information content (AvgIpc) is 3.17. The molecule has 0 aliphatic rings. The summed E-state index contributed by atoms with van der Waals surface area (Å²) in [6, 6.07) is 9.37. The van der Waals surface area contributed by atoms with Gasteiger partial charge in [0.15, 0.2) is 12.4 Å². The van der Waals surface area contributed by atoms with Crippen LogP contribution in [-0.4, -0.2) is 31.0 Å². The molecule has 0 aliphatic heterocycles. The molecule has 2 N–H and O–H groups in total. The molecular weight excluding hydrogens is 328 g/mol. The summed E-state index contributed by atoms with van der Waals surface area (Å²) in [7, 11) is 0. The van der Waals surface area contributed by atoms with Gasteiger partial charge in [0.25, 0.3) is 5.91 Å². The Hall–Kier alpha value is -3.29. The second kappa shape index (κ2) is 9.11. The van der Waals surface area contributed by atoms with E-state index in [1.54, 1.807) is 24.3 Å². The third-order valence-corrected chi connectivity index (χ3v) is 2.96. The maximum absolute atomic E-state index is 11.9. The molecule has 0 aliphatic carbocycles. The molecule has 0 bridgehead atoms. The fourth-order valence-corrected chi connectivity index (χ4v) is 1.75. The van der Waals surface area contributed by atoms with Crippen LogP contribution in [0.2, 0.25) is 0 Å². The van der Waals surface area contributed by atoms with Gasteiger partial charge in [-0.05, 0) is 42.8 Å². The zero-order valence-electron chi connectivity index (χ0n) is 13.6. The van der Waals surface area contributed by atoms with Crippen molar-refractivity contribution in [1.29, 1.82) is 0 Å². The van der Waals surface area contributed by atoms with Crippen molar-refractivity contribution in [1.82, 2.24) is 10.9 Å². The predicted molar refractivity (Wildman–Crippen MR) is 86.8 cm³/mol. The number of esters is 1. The minimum Gasteiger partial charge on any atom is -0.494 e. The lowest BCUT2D eigenvalue weighted by atomic mass is 10.2. The Morgan fingerprint density at radius 3 is 2.48 bits per heavy atom. The molecule has 8 nitrogen and oxygen atoms in total. The molecule has 132 valence electrons. The zero-order chi connectivity index (χ0) is 18.1. The Kier molecular flexibility index (Phi) is 6.58. The predicted octanol–water partition coefficient (Wildman–Crippen LogP) is 1.69. The van der Waals surface area contributed by atoms with Crippen molar-refractivity contribution >= 4 is 17.8 Å². The Morgan fingerprint density at radius 2 is 1.84 bits per heavy atom. The van der Waals surface area contributed by atoms with Crippen molar-refractivity contribution in [3.8, 4) is 5.75 Å². The van der Waals surface area contributed by atoms with E-state index in [4.69, 9.17) is 13.9 Å². The van der Waals surface area contributed by atoms with E-state index in [2.05, 4.69) is 10.9 Å². The zero-order valence-corrected chi connectivity index (χ0v) is 13.6. The Balaban J connectivity index is 1.73. The minimum absolute atomic E-state index is 0.0441. The SMILES string of the molecule is CCCOc1ccc(C(=O)OCC(=O)NNC(=O)c2ccco2)cc1. The number of carbonyl (C=O) groups is 3. The number of nitrogens with one attached hydrogen (secondary N) is 2. The van der Waals surface area contributed by atoms with E-state index in [-0.39, 0.29) is 11.3 Å². The van der Waals surface area contributed by atoms with Gasteiger partial charge in [0, 0.05) is 0 Å². The van der Waals surface area contributed by atoms with Gasteiger partial charge in [-0.2, -0.15) is 0 Å². The molecule has 8 heteroatoms. The van der Waals surface area contributed by atoms with Gasteiger partial charge in [0.05, 0.1) is 18.4 Å². The molecule has 1 aromatic carbocycles. The maximum Gasteiger partial charge on any atom is 0.338 e. The van der Waals surface area contributed by atoms with Crippen LogP contribution in [-0.2, 0) is 9.53 Å². The first-order valence-corrected chi connectivity index (χ1v) is 7.63. The van der Waals surface area contributed by atoms with E-state index < -0.39 is 24.4 Å². The molecule has 0 unspecified atom stereocenters. The number of furan rings is 1. The van der Waals surface area contributed by atoms with Crippen LogP contribution in [0, 0.1) is 0 Å². The molecule has 0 radical (unpaired) electrons. The summed E-state index contributed by atoms with van der Waals surface area (Å²) in [6.45, 7) is 2.05. The maximum atomic E-state index is 11.9. The van der Waals surface area contributed by atoms with Crippen molar-refractivity contribution in [2.45, 2.75) is 13.3 Å². The van der Waals surface area contributed by atoms with Crippen molar-refractivity contribution in [3.05, 3.63) is 54.0 Å². The number of hydrazine groups is 1. The second-order valence-electron chi connectivity index (χ2n) is 4.93. The number of rotatable bonds is 7. The molecule has 0 atom stereocenters. The van der Waals surface area contributed by atoms with Gasteiger partial charge in [-0.15, -0.1) is 0 Å². The van der Waals surface area contributed by atoms with Crippen LogP contribution in [0.1, 0.15) is 34.3 Å². The fourth-order valence-electron chi connectivity index (χ4n) is 1.75. The van der Waals surface area contributed by atoms with Crippen molar-refractivity contribution in [3.63, 3.8) is 0 Å². The van der Waals surface area contributed by atoms with Gasteiger partial charge in [-0.3, -0.25) is 20.4 Å². The largest absolute Gasteiger partial charge is 0.494 e. The lowest BCUT2D eigenvalue weighted by molar-refractivity contribution is -0.125. The highest BCUT2D eigenvalue weighted by atomic mass is 16.5. The first-order valence-electron chi connectivity index (χ1n) is 7.63. The molecule has 2 rings (SSSR count). The lowest BCUT2D eigenvalue weighted by Crippen LogP contribution is -2.43. The molecule has 0 saturated carbocycles. The smallest absolute Gasteiger partial charge is 0.338 e. The van der Waals surface area contributed by atoms with Crippen LogP contribution < -0.4 is 15.6 Å². The highest BCUT2D eigenvalue weighted by Gasteiger charge is 2.12. The van der Waals surface area contributed by atoms with Crippen LogP contribution in [0.5, 0.6) is 5.75 Å². The van der Waals surface area contributed by atoms with Crippen LogP contribution >= 0.6 is 0 Å². The fraction of sp³-hybridized carbons (Fsp3) is 0.235. The molecular formula is C17H18N2O6. The number of benzene rings is 1. The third-order valence-electron chi connectivity index (χ3n) is 2.96. The van der Waals surface area contributed by atoms with Crippen molar-refractivity contribution in [2.75, 3.05) is 13.2 Å². The van der Waals surface area contributed by atoms with E-state index in [0.717, 1.165) is 6.42 Å². The van der Waals surface area contributed by atoms with Gasteiger partial charge in [-0.1, -0.05) is 6.92 Å². The average molecular weight is 346 g/mol. The Labute approximate surface area is 144 Å². The summed E-state index contributed by atoms with van der Waals surface area (Å²) >= 11 is 0. The molecule has 0 spiro atoms. The lowest BCUT2D eigenvalue weighted by Gasteiger charge is -2.08. The molecule has 2 amide bonds. The van der Waals surface area contributed by atoms with Gasteiger partial charge in [0.1, 0.15) is 5.75 Å². The number of hydrogen-bond donors (Lipinski definition) is 2. The first kappa shape index (κ1) is 18.1. The van der Waals surface area contributed by atoms with E-state index in [1.807, 2.05) is 6.92 Å². The summed E-state index contributed by atoms with van der Waals surface area (Å²) in [6.07, 6.45) is 2.21. The first-order chi connectivity index (χ1) is 12.1.